The van der Waals surface area contributed by atoms with Crippen molar-refractivity contribution in [1.29, 1.82) is 0 Å². The lowest BCUT2D eigenvalue weighted by molar-refractivity contribution is 0.0922. The van der Waals surface area contributed by atoms with Gasteiger partial charge in [-0.1, -0.05) is 66.7 Å². The molecule has 0 saturated carbocycles. The first-order chi connectivity index (χ1) is 11.2. The van der Waals surface area contributed by atoms with Crippen LogP contribution in [0.1, 0.15) is 10.4 Å². The van der Waals surface area contributed by atoms with Gasteiger partial charge in [0.05, 0.1) is 5.69 Å². The average Bonchev–Trinajstić information content (AvgIpc) is 2.62. The molecule has 0 aliphatic rings. The van der Waals surface area contributed by atoms with Crippen molar-refractivity contribution in [3.8, 4) is 16.9 Å². The highest BCUT2D eigenvalue weighted by Crippen LogP contribution is 2.21. The van der Waals surface area contributed by atoms with Crippen LogP contribution in [0.2, 0.25) is 0 Å². The predicted octanol–water partition coefficient (Wildman–Crippen LogP) is 4.20. The molecule has 0 radical (unpaired) electrons. The van der Waals surface area contributed by atoms with E-state index in [0.717, 1.165) is 11.1 Å². The minimum absolute atomic E-state index is 0.0289. The normalized spacial score (nSPS) is 10.3. The maximum atomic E-state index is 12.2. The molecule has 0 fully saturated rings. The second-order valence-corrected chi connectivity index (χ2v) is 5.19. The molecule has 0 aliphatic heterocycles. The summed E-state index contributed by atoms with van der Waals surface area (Å²) in [6, 6.07) is 24.7. The summed E-state index contributed by atoms with van der Waals surface area (Å²) in [4.78, 5) is 12.2. The van der Waals surface area contributed by atoms with Gasteiger partial charge in [0.15, 0.2) is 12.4 Å². The number of carbonyl (C=O) groups excluding carboxylic acids is 1. The Morgan fingerprint density at radius 3 is 2.09 bits per heavy atom. The molecule has 114 valence electrons. The maximum Gasteiger partial charge on any atom is 0.200 e. The molecule has 0 aliphatic carbocycles. The average molecular weight is 303 g/mol. The molecule has 0 bridgehead atoms. The fourth-order valence-corrected chi connectivity index (χ4v) is 2.32. The van der Waals surface area contributed by atoms with E-state index in [4.69, 9.17) is 10.5 Å². The molecular formula is C20H17NO2. The van der Waals surface area contributed by atoms with Gasteiger partial charge in [-0.2, -0.15) is 0 Å². The first-order valence-electron chi connectivity index (χ1n) is 7.40. The van der Waals surface area contributed by atoms with E-state index in [0.29, 0.717) is 17.0 Å². The summed E-state index contributed by atoms with van der Waals surface area (Å²) < 4.78 is 5.49. The van der Waals surface area contributed by atoms with E-state index in [2.05, 4.69) is 0 Å². The molecule has 3 aromatic rings. The van der Waals surface area contributed by atoms with Crippen molar-refractivity contribution in [3.63, 3.8) is 0 Å². The van der Waals surface area contributed by atoms with Crippen molar-refractivity contribution in [3.05, 3.63) is 84.4 Å². The number of ketones is 1. The van der Waals surface area contributed by atoms with Crippen molar-refractivity contribution < 1.29 is 9.53 Å². The molecule has 3 heteroatoms. The lowest BCUT2D eigenvalue weighted by Crippen LogP contribution is -2.12. The monoisotopic (exact) mass is 303 g/mol. The summed E-state index contributed by atoms with van der Waals surface area (Å²) >= 11 is 0. The lowest BCUT2D eigenvalue weighted by Gasteiger charge is -2.08. The fraction of sp³-hybridized carbons (Fsp3) is 0.0500. The Labute approximate surface area is 135 Å². The van der Waals surface area contributed by atoms with E-state index in [9.17, 15) is 4.79 Å². The van der Waals surface area contributed by atoms with Crippen molar-refractivity contribution in [2.75, 3.05) is 12.3 Å². The van der Waals surface area contributed by atoms with E-state index in [1.165, 1.54) is 0 Å². The Hall–Kier alpha value is -3.07. The number of rotatable bonds is 5. The lowest BCUT2D eigenvalue weighted by atomic mass is 10.0. The van der Waals surface area contributed by atoms with Crippen molar-refractivity contribution >= 4 is 11.5 Å². The summed E-state index contributed by atoms with van der Waals surface area (Å²) in [5, 5.41) is 0. The van der Waals surface area contributed by atoms with Crippen molar-refractivity contribution in [1.82, 2.24) is 0 Å². The van der Waals surface area contributed by atoms with Crippen molar-refractivity contribution in [2.45, 2.75) is 0 Å². The first kappa shape index (κ1) is 14.9. The molecule has 0 atom stereocenters. The number of benzene rings is 3. The highest BCUT2D eigenvalue weighted by molar-refractivity contribution is 5.97. The molecule has 0 amide bonds. The third-order valence-corrected chi connectivity index (χ3v) is 3.59. The number of Topliss-reactive ketones (excluding diaryl/α,β-unsaturated/α-hetero) is 1. The van der Waals surface area contributed by atoms with Gasteiger partial charge in [0.25, 0.3) is 0 Å². The van der Waals surface area contributed by atoms with Crippen LogP contribution in [0, 0.1) is 0 Å². The highest BCUT2D eigenvalue weighted by atomic mass is 16.5. The largest absolute Gasteiger partial charge is 0.483 e. The Kier molecular flexibility index (Phi) is 4.39. The number of ether oxygens (including phenoxy) is 1. The summed E-state index contributed by atoms with van der Waals surface area (Å²) in [7, 11) is 0. The Morgan fingerprint density at radius 1 is 0.783 bits per heavy atom. The van der Waals surface area contributed by atoms with Crippen LogP contribution in [0.5, 0.6) is 5.75 Å². The number of anilines is 1. The molecule has 0 aromatic heterocycles. The second-order valence-electron chi connectivity index (χ2n) is 5.19. The fourth-order valence-electron chi connectivity index (χ4n) is 2.32. The van der Waals surface area contributed by atoms with Crippen LogP contribution >= 0.6 is 0 Å². The van der Waals surface area contributed by atoms with Gasteiger partial charge in [-0.05, 0) is 23.3 Å². The Balaban J connectivity index is 1.67. The van der Waals surface area contributed by atoms with Crippen LogP contribution in [0.3, 0.4) is 0 Å². The molecule has 2 N–H and O–H groups in total. The van der Waals surface area contributed by atoms with E-state index in [1.54, 1.807) is 12.1 Å². The quantitative estimate of drug-likeness (QED) is 0.568. The standard InChI is InChI=1S/C20H17NO2/c21-18-8-4-5-9-20(18)23-14-19(22)17-12-10-16(11-13-17)15-6-2-1-3-7-15/h1-13H,14,21H2. The first-order valence-corrected chi connectivity index (χ1v) is 7.40. The smallest absolute Gasteiger partial charge is 0.200 e. The second kappa shape index (κ2) is 6.79. The molecular weight excluding hydrogens is 286 g/mol. The van der Waals surface area contributed by atoms with Gasteiger partial charge in [-0.3, -0.25) is 4.79 Å². The number of hydrogen-bond acceptors (Lipinski definition) is 3. The van der Waals surface area contributed by atoms with Gasteiger partial charge in [-0.25, -0.2) is 0 Å². The third-order valence-electron chi connectivity index (χ3n) is 3.59. The van der Waals surface area contributed by atoms with Crippen LogP contribution in [0.15, 0.2) is 78.9 Å². The summed E-state index contributed by atoms with van der Waals surface area (Å²) in [5.41, 5.74) is 9.15. The van der Waals surface area contributed by atoms with Gasteiger partial charge in [0.1, 0.15) is 5.75 Å². The molecule has 0 spiro atoms. The topological polar surface area (TPSA) is 52.3 Å². The Bertz CT molecular complexity index is 795. The van der Waals surface area contributed by atoms with Crippen molar-refractivity contribution in [2.24, 2.45) is 0 Å². The van der Waals surface area contributed by atoms with E-state index >= 15 is 0 Å². The summed E-state index contributed by atoms with van der Waals surface area (Å²) in [5.74, 6) is 0.453. The van der Waals surface area contributed by atoms with E-state index in [1.807, 2.05) is 66.7 Å². The van der Waals surface area contributed by atoms with E-state index < -0.39 is 0 Å². The zero-order valence-corrected chi connectivity index (χ0v) is 12.6. The third kappa shape index (κ3) is 3.58. The van der Waals surface area contributed by atoms with Gasteiger partial charge in [0, 0.05) is 5.56 Å². The van der Waals surface area contributed by atoms with Gasteiger partial charge >= 0.3 is 0 Å². The van der Waals surface area contributed by atoms with Crippen LogP contribution in [-0.2, 0) is 0 Å². The molecule has 0 unspecified atom stereocenters. The highest BCUT2D eigenvalue weighted by Gasteiger charge is 2.08. The van der Waals surface area contributed by atoms with Gasteiger partial charge in [0.2, 0.25) is 0 Å². The van der Waals surface area contributed by atoms with Crippen LogP contribution in [0.25, 0.3) is 11.1 Å². The predicted molar refractivity (Wildman–Crippen MR) is 92.6 cm³/mol. The van der Waals surface area contributed by atoms with Crippen LogP contribution < -0.4 is 10.5 Å². The molecule has 0 heterocycles. The molecule has 3 aromatic carbocycles. The zero-order chi connectivity index (χ0) is 16.1. The van der Waals surface area contributed by atoms with E-state index in [-0.39, 0.29) is 12.4 Å². The van der Waals surface area contributed by atoms with Gasteiger partial charge < -0.3 is 10.5 Å². The number of nitrogens with two attached hydrogens (primary N) is 1. The zero-order valence-electron chi connectivity index (χ0n) is 12.6. The molecule has 23 heavy (non-hydrogen) atoms. The van der Waals surface area contributed by atoms with Crippen LogP contribution in [-0.4, -0.2) is 12.4 Å². The molecule has 3 rings (SSSR count). The number of para-hydroxylation sites is 2. The number of hydrogen-bond donors (Lipinski definition) is 1. The van der Waals surface area contributed by atoms with Gasteiger partial charge in [-0.15, -0.1) is 0 Å². The minimum atomic E-state index is -0.0761. The minimum Gasteiger partial charge on any atom is -0.483 e. The Morgan fingerprint density at radius 2 is 1.39 bits per heavy atom. The number of carbonyl (C=O) groups is 1. The van der Waals surface area contributed by atoms with Crippen LogP contribution in [0.4, 0.5) is 5.69 Å². The molecule has 0 saturated heterocycles. The maximum absolute atomic E-state index is 12.2. The molecule has 3 nitrogen and oxygen atoms in total. The SMILES string of the molecule is Nc1ccccc1OCC(=O)c1ccc(-c2ccccc2)cc1. The number of nitrogen functional groups attached to an aromatic ring is 1. The summed E-state index contributed by atoms with van der Waals surface area (Å²) in [6.45, 7) is -0.0289. The summed E-state index contributed by atoms with van der Waals surface area (Å²) in [6.07, 6.45) is 0.